The highest BCUT2D eigenvalue weighted by molar-refractivity contribution is 7.40. The molecule has 2 atom stereocenters. The fourth-order valence-electron chi connectivity index (χ4n) is 5.97. The van der Waals surface area contributed by atoms with Crippen LogP contribution in [0.4, 0.5) is 0 Å². The molecule has 4 heteroatoms. The van der Waals surface area contributed by atoms with Crippen LogP contribution in [0.15, 0.2) is 36.4 Å². The van der Waals surface area contributed by atoms with Gasteiger partial charge in [0.1, 0.15) is 5.60 Å². The summed E-state index contributed by atoms with van der Waals surface area (Å²) in [6, 6.07) is 14.0. The Bertz CT molecular complexity index is 1060. The first-order valence-corrected chi connectivity index (χ1v) is 16.8. The Labute approximate surface area is 254 Å². The lowest BCUT2D eigenvalue weighted by Crippen LogP contribution is -2.42. The van der Waals surface area contributed by atoms with Crippen molar-refractivity contribution in [2.45, 2.75) is 150 Å². The molecule has 41 heavy (non-hydrogen) atoms. The zero-order valence-corrected chi connectivity index (χ0v) is 30.0. The first kappa shape index (κ1) is 35.9. The van der Waals surface area contributed by atoms with Crippen molar-refractivity contribution >= 4 is 8.60 Å². The van der Waals surface area contributed by atoms with Gasteiger partial charge >= 0.3 is 8.60 Å². The van der Waals surface area contributed by atoms with E-state index in [1.807, 2.05) is 0 Å². The molecule has 2 aromatic carbocycles. The van der Waals surface area contributed by atoms with Crippen LogP contribution in [0, 0.1) is 5.92 Å². The highest BCUT2D eigenvalue weighted by Crippen LogP contribution is 2.56. The van der Waals surface area contributed by atoms with Crippen LogP contribution in [-0.2, 0) is 36.3 Å². The van der Waals surface area contributed by atoms with Crippen molar-refractivity contribution in [1.29, 1.82) is 0 Å². The molecule has 0 amide bonds. The van der Waals surface area contributed by atoms with E-state index < -0.39 is 14.2 Å². The lowest BCUT2D eigenvalue weighted by atomic mass is 9.64. The molecule has 0 aliphatic heterocycles. The van der Waals surface area contributed by atoms with Gasteiger partial charge in [-0.2, -0.15) is 0 Å². The third-order valence-electron chi connectivity index (χ3n) is 8.54. The molecule has 1 N–H and O–H groups in total. The molecule has 0 heterocycles. The Morgan fingerprint density at radius 2 is 1.07 bits per heavy atom. The molecular weight excluding hydrogens is 523 g/mol. The average molecular weight is 585 g/mol. The van der Waals surface area contributed by atoms with Crippen LogP contribution in [0.1, 0.15) is 156 Å². The number of hydrogen-bond acceptors (Lipinski definition) is 3. The third-order valence-corrected chi connectivity index (χ3v) is 9.30. The van der Waals surface area contributed by atoms with Crippen LogP contribution in [0.5, 0.6) is 0 Å². The van der Waals surface area contributed by atoms with Crippen molar-refractivity contribution in [3.05, 3.63) is 69.8 Å². The molecule has 0 aliphatic carbocycles. The minimum atomic E-state index is -2.12. The van der Waals surface area contributed by atoms with Gasteiger partial charge in [0.2, 0.25) is 0 Å². The van der Waals surface area contributed by atoms with Crippen LogP contribution in [0.3, 0.4) is 0 Å². The maximum Gasteiger partial charge on any atom is 0.330 e. The van der Waals surface area contributed by atoms with Crippen molar-refractivity contribution in [3.63, 3.8) is 0 Å². The Morgan fingerprint density at radius 3 is 1.37 bits per heavy atom. The van der Waals surface area contributed by atoms with Crippen molar-refractivity contribution in [2.24, 2.45) is 5.92 Å². The molecule has 2 rings (SSSR count). The highest BCUT2D eigenvalue weighted by Gasteiger charge is 2.49. The number of rotatable bonds is 10. The van der Waals surface area contributed by atoms with Crippen molar-refractivity contribution < 1.29 is 13.9 Å². The van der Waals surface area contributed by atoms with Crippen LogP contribution >= 0.6 is 8.60 Å². The van der Waals surface area contributed by atoms with E-state index in [2.05, 4.69) is 133 Å². The van der Waals surface area contributed by atoms with E-state index >= 15 is 0 Å². The molecule has 0 aromatic heterocycles. The van der Waals surface area contributed by atoms with Gasteiger partial charge in [0, 0.05) is 7.11 Å². The van der Waals surface area contributed by atoms with Gasteiger partial charge in [0.25, 0.3) is 0 Å². The zero-order valence-electron chi connectivity index (χ0n) is 29.1. The largest absolute Gasteiger partial charge is 0.330 e. The molecule has 0 aliphatic rings. The minimum absolute atomic E-state index is 0.00939. The normalized spacial score (nSPS) is 15.2. The van der Waals surface area contributed by atoms with Gasteiger partial charge in [0.15, 0.2) is 0 Å². The van der Waals surface area contributed by atoms with Crippen LogP contribution in [0.2, 0.25) is 0 Å². The average Bonchev–Trinajstić information content (AvgIpc) is 2.85. The molecular formula is C37H61O3P. The maximum absolute atomic E-state index is 11.3. The summed E-state index contributed by atoms with van der Waals surface area (Å²) in [5.74, 6) is 0.137. The second kappa shape index (κ2) is 13.2. The summed E-state index contributed by atoms with van der Waals surface area (Å²) < 4.78 is 12.6. The molecule has 0 fully saturated rings. The first-order valence-electron chi connectivity index (χ1n) is 15.7. The quantitative estimate of drug-likeness (QED) is 0.282. The summed E-state index contributed by atoms with van der Waals surface area (Å²) >= 11 is 0. The summed E-state index contributed by atoms with van der Waals surface area (Å²) in [6.07, 6.45) is 4.11. The summed E-state index contributed by atoms with van der Waals surface area (Å²) in [7, 11) is -0.578. The molecule has 2 unspecified atom stereocenters. The fourth-order valence-corrected chi connectivity index (χ4v) is 6.64. The third kappa shape index (κ3) is 8.23. The van der Waals surface area contributed by atoms with Gasteiger partial charge in [-0.15, -0.1) is 0 Å². The van der Waals surface area contributed by atoms with E-state index in [1.165, 1.54) is 22.3 Å². The van der Waals surface area contributed by atoms with Crippen LogP contribution in [-0.4, -0.2) is 12.0 Å². The minimum Gasteiger partial charge on any atom is -0.328 e. The summed E-state index contributed by atoms with van der Waals surface area (Å²) in [5.41, 5.74) is 6.26. The molecule has 0 radical (unpaired) electrons. The predicted octanol–water partition coefficient (Wildman–Crippen LogP) is 11.2. The number of hydrogen-bond donors (Lipinski definition) is 1. The molecule has 232 valence electrons. The number of unbranched alkanes of at least 4 members (excludes halogenated alkanes) is 1. The Kier molecular flexibility index (Phi) is 11.5. The van der Waals surface area contributed by atoms with Gasteiger partial charge in [0.05, 0.1) is 0 Å². The SMILES string of the molecule is CCCCC(CC)C(OP(O)OC)(c1ccc(C(C)(C)C)cc1C(C)(C)C)c1ccc(C(C)(C)C)cc1C(C)(C)C. The molecule has 0 bridgehead atoms. The van der Waals surface area contributed by atoms with E-state index in [0.29, 0.717) is 0 Å². The van der Waals surface area contributed by atoms with Crippen molar-refractivity contribution in [2.75, 3.05) is 7.11 Å². The van der Waals surface area contributed by atoms with Gasteiger partial charge < -0.3 is 9.42 Å². The van der Waals surface area contributed by atoms with Crippen molar-refractivity contribution in [1.82, 2.24) is 0 Å². The maximum atomic E-state index is 11.3. The zero-order chi connectivity index (χ0) is 31.6. The van der Waals surface area contributed by atoms with Gasteiger partial charge in [-0.1, -0.05) is 146 Å². The van der Waals surface area contributed by atoms with E-state index in [9.17, 15) is 4.89 Å². The van der Waals surface area contributed by atoms with Gasteiger partial charge in [-0.3, -0.25) is 4.52 Å². The van der Waals surface area contributed by atoms with E-state index in [4.69, 9.17) is 9.05 Å². The van der Waals surface area contributed by atoms with Crippen LogP contribution < -0.4 is 0 Å². The lowest BCUT2D eigenvalue weighted by Gasteiger charge is -2.47. The molecule has 0 saturated heterocycles. The van der Waals surface area contributed by atoms with Crippen molar-refractivity contribution in [3.8, 4) is 0 Å². The number of benzene rings is 2. The molecule has 2 aromatic rings. The Hall–Kier alpha value is -1.25. The smallest absolute Gasteiger partial charge is 0.328 e. The van der Waals surface area contributed by atoms with E-state index in [-0.39, 0.29) is 27.6 Å². The predicted molar refractivity (Wildman–Crippen MR) is 179 cm³/mol. The summed E-state index contributed by atoms with van der Waals surface area (Å²) in [6.45, 7) is 31.9. The van der Waals surface area contributed by atoms with Gasteiger partial charge in [-0.25, -0.2) is 0 Å². The fraction of sp³-hybridized carbons (Fsp3) is 0.676. The monoisotopic (exact) mass is 584 g/mol. The first-order chi connectivity index (χ1) is 18.6. The topological polar surface area (TPSA) is 38.7 Å². The van der Waals surface area contributed by atoms with Crippen LogP contribution in [0.25, 0.3) is 0 Å². The summed E-state index contributed by atoms with van der Waals surface area (Å²) in [4.78, 5) is 11.3. The molecule has 0 spiro atoms. The highest BCUT2D eigenvalue weighted by atomic mass is 31.2. The molecule has 0 saturated carbocycles. The lowest BCUT2D eigenvalue weighted by molar-refractivity contribution is 0.0172. The standard InChI is InChI=1S/C37H61O3P/c1-16-18-19-26(17-2)37(40-41(38)39-15,29-22-20-27(33(3,4)5)24-31(29)35(9,10)11)30-23-21-28(34(6,7)8)25-32(30)36(12,13)14/h20-26,38H,16-19H2,1-15H3. The second-order valence-electron chi connectivity index (χ2n) is 16.0. The van der Waals surface area contributed by atoms with Gasteiger partial charge in [-0.05, 0) is 73.8 Å². The second-order valence-corrected chi connectivity index (χ2v) is 17.0. The molecule has 3 nitrogen and oxygen atoms in total. The van der Waals surface area contributed by atoms with E-state index in [1.54, 1.807) is 7.11 Å². The summed E-state index contributed by atoms with van der Waals surface area (Å²) in [5, 5.41) is 0. The Morgan fingerprint density at radius 1 is 0.659 bits per heavy atom. The Balaban J connectivity index is 3.27. The van der Waals surface area contributed by atoms with E-state index in [0.717, 1.165) is 36.8 Å².